The number of rotatable bonds is 4. The number of nitrogens with zero attached hydrogens (tertiary/aromatic N) is 2. The third kappa shape index (κ3) is 5.33. The first-order valence-corrected chi connectivity index (χ1v) is 13.4. The molecule has 1 aliphatic heterocycles. The fourth-order valence-corrected chi connectivity index (χ4v) is 5.30. The number of likely N-dealkylation sites (tertiary alicyclic amines) is 1. The zero-order valence-electron chi connectivity index (χ0n) is 20.8. The van der Waals surface area contributed by atoms with E-state index in [1.54, 1.807) is 4.90 Å². The van der Waals surface area contributed by atoms with Crippen molar-refractivity contribution in [2.75, 3.05) is 6.54 Å². The van der Waals surface area contributed by atoms with Crippen molar-refractivity contribution >= 4 is 28.7 Å². The van der Waals surface area contributed by atoms with Gasteiger partial charge in [0, 0.05) is 15.7 Å². The van der Waals surface area contributed by atoms with Gasteiger partial charge in [0.15, 0.2) is 0 Å². The molecule has 1 amide bonds. The average Bonchev–Trinajstić information content (AvgIpc) is 3.54. The smallest absolute Gasteiger partial charge is 0.410 e. The summed E-state index contributed by atoms with van der Waals surface area (Å²) >= 11 is 2.40. The van der Waals surface area contributed by atoms with Gasteiger partial charge in [-0.25, -0.2) is 9.78 Å². The highest BCUT2D eigenvalue weighted by molar-refractivity contribution is 14.1. The van der Waals surface area contributed by atoms with Crippen LogP contribution >= 0.6 is 22.6 Å². The fourth-order valence-electron chi connectivity index (χ4n) is 4.65. The molecular formula is C30H30IN3O2. The average molecular weight is 591 g/mol. The van der Waals surface area contributed by atoms with Crippen molar-refractivity contribution in [2.24, 2.45) is 0 Å². The Labute approximate surface area is 226 Å². The molecule has 2 heterocycles. The summed E-state index contributed by atoms with van der Waals surface area (Å²) in [5.41, 5.74) is 6.24. The molecule has 0 spiro atoms. The van der Waals surface area contributed by atoms with E-state index in [-0.39, 0.29) is 12.1 Å². The van der Waals surface area contributed by atoms with Crippen molar-refractivity contribution in [1.82, 2.24) is 14.9 Å². The van der Waals surface area contributed by atoms with Crippen LogP contribution in [0.1, 0.15) is 45.5 Å². The van der Waals surface area contributed by atoms with Gasteiger partial charge in [0.1, 0.15) is 11.4 Å². The highest BCUT2D eigenvalue weighted by atomic mass is 127. The minimum absolute atomic E-state index is 0.0977. The molecular weight excluding hydrogens is 561 g/mol. The van der Waals surface area contributed by atoms with Crippen molar-refractivity contribution in [3.8, 4) is 33.5 Å². The number of ether oxygens (including phenoxy) is 1. The molecule has 184 valence electrons. The molecule has 1 aromatic heterocycles. The quantitative estimate of drug-likeness (QED) is 0.244. The number of aromatic nitrogens is 2. The summed E-state index contributed by atoms with van der Waals surface area (Å²) in [5.74, 6) is 0.805. The van der Waals surface area contributed by atoms with Crippen molar-refractivity contribution < 1.29 is 9.53 Å². The summed E-state index contributed by atoms with van der Waals surface area (Å²) < 4.78 is 6.82. The number of hydrogen-bond donors (Lipinski definition) is 1. The third-order valence-corrected chi connectivity index (χ3v) is 7.29. The van der Waals surface area contributed by atoms with E-state index in [1.807, 2.05) is 33.0 Å². The lowest BCUT2D eigenvalue weighted by Gasteiger charge is -2.27. The van der Waals surface area contributed by atoms with Crippen molar-refractivity contribution in [3.05, 3.63) is 88.4 Å². The first-order chi connectivity index (χ1) is 17.3. The predicted octanol–water partition coefficient (Wildman–Crippen LogP) is 8.09. The van der Waals surface area contributed by atoms with E-state index in [2.05, 4.69) is 99.3 Å². The summed E-state index contributed by atoms with van der Waals surface area (Å²) in [7, 11) is 0. The number of nitrogens with one attached hydrogen (secondary N) is 1. The van der Waals surface area contributed by atoms with Gasteiger partial charge in [-0.05, 0) is 96.7 Å². The molecule has 0 radical (unpaired) electrons. The lowest BCUT2D eigenvalue weighted by atomic mass is 9.97. The fraction of sp³-hybridized carbons (Fsp3) is 0.267. The van der Waals surface area contributed by atoms with Crippen LogP contribution in [0.15, 0.2) is 79.0 Å². The number of carbonyl (C=O) groups excluding carboxylic acids is 1. The molecule has 1 saturated heterocycles. The highest BCUT2D eigenvalue weighted by Crippen LogP contribution is 2.35. The zero-order valence-corrected chi connectivity index (χ0v) is 23.0. The molecule has 1 atom stereocenters. The Morgan fingerprint density at radius 2 is 1.72 bits per heavy atom. The van der Waals surface area contributed by atoms with Crippen LogP contribution in [0.2, 0.25) is 0 Å². The monoisotopic (exact) mass is 591 g/mol. The standard InChI is InChI=1S/C30H30IN3O2/c1-30(2,3)36-29(35)34-16-8-13-27(34)28-32-19-26(33-28)23-14-15-25(31)24(18-23)22-12-7-11-21(17-22)20-9-5-4-6-10-20/h4-7,9-12,14-15,17-19,27H,8,13,16H2,1-3H3,(H,32,33)/t27-/m0/s1. The maximum absolute atomic E-state index is 12.8. The lowest BCUT2D eigenvalue weighted by molar-refractivity contribution is 0.0218. The number of H-pyrrole nitrogens is 1. The molecule has 0 aliphatic carbocycles. The maximum atomic E-state index is 12.8. The minimum atomic E-state index is -0.520. The largest absolute Gasteiger partial charge is 0.444 e. The normalized spacial score (nSPS) is 15.8. The van der Waals surface area contributed by atoms with Gasteiger partial charge in [0.2, 0.25) is 0 Å². The zero-order chi connectivity index (χ0) is 25.3. The minimum Gasteiger partial charge on any atom is -0.444 e. The predicted molar refractivity (Wildman–Crippen MR) is 153 cm³/mol. The van der Waals surface area contributed by atoms with E-state index in [9.17, 15) is 4.79 Å². The van der Waals surface area contributed by atoms with E-state index < -0.39 is 5.60 Å². The van der Waals surface area contributed by atoms with Crippen LogP contribution in [0.25, 0.3) is 33.5 Å². The van der Waals surface area contributed by atoms with Gasteiger partial charge in [-0.2, -0.15) is 0 Å². The summed E-state index contributed by atoms with van der Waals surface area (Å²) in [6.45, 7) is 6.36. The molecule has 3 aromatic carbocycles. The Hall–Kier alpha value is -3.13. The highest BCUT2D eigenvalue weighted by Gasteiger charge is 2.34. The van der Waals surface area contributed by atoms with Crippen LogP contribution in [0.3, 0.4) is 0 Å². The van der Waals surface area contributed by atoms with Crippen molar-refractivity contribution in [1.29, 1.82) is 0 Å². The van der Waals surface area contributed by atoms with E-state index in [0.717, 1.165) is 29.9 Å². The van der Waals surface area contributed by atoms with Crippen molar-refractivity contribution in [2.45, 2.75) is 45.3 Å². The van der Waals surface area contributed by atoms with E-state index in [4.69, 9.17) is 4.74 Å². The molecule has 4 aromatic rings. The van der Waals surface area contributed by atoms with Gasteiger partial charge in [-0.15, -0.1) is 0 Å². The Morgan fingerprint density at radius 1 is 0.972 bits per heavy atom. The van der Waals surface area contributed by atoms with Crippen LogP contribution in [-0.2, 0) is 4.74 Å². The van der Waals surface area contributed by atoms with Crippen LogP contribution in [0.5, 0.6) is 0 Å². The summed E-state index contributed by atoms with van der Waals surface area (Å²) in [4.78, 5) is 22.7. The number of benzene rings is 3. The molecule has 1 fully saturated rings. The molecule has 0 saturated carbocycles. The molecule has 1 aliphatic rings. The third-order valence-electron chi connectivity index (χ3n) is 6.35. The Bertz CT molecular complexity index is 1370. The molecule has 5 rings (SSSR count). The first-order valence-electron chi connectivity index (χ1n) is 12.3. The molecule has 0 bridgehead atoms. The summed E-state index contributed by atoms with van der Waals surface area (Å²) in [6, 6.07) is 25.5. The molecule has 1 N–H and O–H groups in total. The van der Waals surface area contributed by atoms with Gasteiger partial charge in [0.25, 0.3) is 0 Å². The van der Waals surface area contributed by atoms with Gasteiger partial charge in [0.05, 0.1) is 17.9 Å². The summed E-state index contributed by atoms with van der Waals surface area (Å²) in [5, 5.41) is 0. The Kier molecular flexibility index (Phi) is 6.88. The molecule has 0 unspecified atom stereocenters. The second-order valence-corrected chi connectivity index (χ2v) is 11.3. The van der Waals surface area contributed by atoms with Crippen molar-refractivity contribution in [3.63, 3.8) is 0 Å². The number of imidazole rings is 1. The van der Waals surface area contributed by atoms with Gasteiger partial charge < -0.3 is 9.72 Å². The second-order valence-electron chi connectivity index (χ2n) is 10.2. The van der Waals surface area contributed by atoms with E-state index >= 15 is 0 Å². The van der Waals surface area contributed by atoms with Crippen LogP contribution in [-0.4, -0.2) is 33.1 Å². The number of carbonyl (C=O) groups is 1. The lowest BCUT2D eigenvalue weighted by Crippen LogP contribution is -2.36. The molecule has 5 nitrogen and oxygen atoms in total. The number of aromatic amines is 1. The topological polar surface area (TPSA) is 58.2 Å². The molecule has 36 heavy (non-hydrogen) atoms. The van der Waals surface area contributed by atoms with E-state index in [1.165, 1.54) is 25.8 Å². The summed E-state index contributed by atoms with van der Waals surface area (Å²) in [6.07, 6.45) is 3.40. The van der Waals surface area contributed by atoms with Crippen LogP contribution in [0, 0.1) is 3.57 Å². The van der Waals surface area contributed by atoms with E-state index in [0.29, 0.717) is 6.54 Å². The SMILES string of the molecule is CC(C)(C)OC(=O)N1CCC[C@H]1c1ncc(-c2ccc(I)c(-c3cccc(-c4ccccc4)c3)c2)[nH]1. The second kappa shape index (κ2) is 10.1. The Morgan fingerprint density at radius 3 is 2.50 bits per heavy atom. The number of halogens is 1. The number of amides is 1. The first kappa shape index (κ1) is 24.6. The van der Waals surface area contributed by atoms with Gasteiger partial charge in [-0.3, -0.25) is 4.90 Å². The molecule has 6 heteroatoms. The Balaban J connectivity index is 1.42. The van der Waals surface area contributed by atoms with Gasteiger partial charge >= 0.3 is 6.09 Å². The van der Waals surface area contributed by atoms with Gasteiger partial charge in [-0.1, -0.05) is 54.6 Å². The van der Waals surface area contributed by atoms with Crippen LogP contribution in [0.4, 0.5) is 4.79 Å². The number of hydrogen-bond acceptors (Lipinski definition) is 3. The van der Waals surface area contributed by atoms with Crippen LogP contribution < -0.4 is 0 Å². The maximum Gasteiger partial charge on any atom is 0.410 e.